The van der Waals surface area contributed by atoms with E-state index in [9.17, 15) is 0 Å². The highest BCUT2D eigenvalue weighted by Crippen LogP contribution is 2.31. The molecule has 1 heterocycles. The molecule has 5 nitrogen and oxygen atoms in total. The SMILES string of the molecule is COc1ccc(Nc2cc3nc4ccccc4n(-c4ccc(Cl)cc4)c-3cc2=NC(C)C)cc1. The van der Waals surface area contributed by atoms with Gasteiger partial charge in [-0.2, -0.15) is 0 Å². The lowest BCUT2D eigenvalue weighted by molar-refractivity contribution is 0.415. The molecule has 1 aliphatic heterocycles. The second kappa shape index (κ2) is 9.20. The van der Waals surface area contributed by atoms with Gasteiger partial charge >= 0.3 is 0 Å². The molecule has 0 saturated heterocycles. The van der Waals surface area contributed by atoms with Crippen molar-refractivity contribution in [1.29, 1.82) is 0 Å². The lowest BCUT2D eigenvalue weighted by atomic mass is 10.1. The monoisotopic (exact) mass is 468 g/mol. The summed E-state index contributed by atoms with van der Waals surface area (Å²) in [6.07, 6.45) is 0. The van der Waals surface area contributed by atoms with Crippen LogP contribution in [0.2, 0.25) is 5.02 Å². The van der Waals surface area contributed by atoms with E-state index >= 15 is 0 Å². The molecule has 0 bridgehead atoms. The molecule has 170 valence electrons. The molecule has 0 radical (unpaired) electrons. The van der Waals surface area contributed by atoms with Crippen LogP contribution in [0.25, 0.3) is 28.1 Å². The molecule has 34 heavy (non-hydrogen) atoms. The van der Waals surface area contributed by atoms with Crippen LogP contribution >= 0.6 is 11.6 Å². The molecular weight excluding hydrogens is 444 g/mol. The van der Waals surface area contributed by atoms with Crippen LogP contribution in [-0.4, -0.2) is 22.7 Å². The smallest absolute Gasteiger partial charge is 0.119 e. The van der Waals surface area contributed by atoms with Gasteiger partial charge < -0.3 is 14.6 Å². The van der Waals surface area contributed by atoms with Crippen LogP contribution in [0.4, 0.5) is 11.4 Å². The number of hydrogen-bond donors (Lipinski definition) is 1. The van der Waals surface area contributed by atoms with Crippen molar-refractivity contribution in [3.05, 3.63) is 95.3 Å². The van der Waals surface area contributed by atoms with Gasteiger partial charge in [-0.1, -0.05) is 23.7 Å². The largest absolute Gasteiger partial charge is 0.497 e. The Balaban J connectivity index is 1.77. The molecule has 2 aliphatic rings. The van der Waals surface area contributed by atoms with Crippen molar-refractivity contribution < 1.29 is 4.74 Å². The molecule has 0 saturated carbocycles. The van der Waals surface area contributed by atoms with Gasteiger partial charge in [0.1, 0.15) is 5.75 Å². The van der Waals surface area contributed by atoms with Gasteiger partial charge in [-0.15, -0.1) is 0 Å². The average molecular weight is 469 g/mol. The van der Waals surface area contributed by atoms with E-state index in [4.69, 9.17) is 26.3 Å². The third-order valence-electron chi connectivity index (χ3n) is 5.55. The topological polar surface area (TPSA) is 51.4 Å². The standard InChI is InChI=1S/C28H25ClN4O/c1-18(2)30-25-17-28-26(16-24(25)31-20-10-14-22(34-3)15-11-20)32-23-6-4-5-7-27(23)33(28)21-12-8-19(29)9-13-21/h4-18,31H,1-3H3. The summed E-state index contributed by atoms with van der Waals surface area (Å²) in [5.74, 6) is 0.813. The number of nitrogens with one attached hydrogen (secondary N) is 1. The lowest BCUT2D eigenvalue weighted by Gasteiger charge is -2.20. The highest BCUT2D eigenvalue weighted by atomic mass is 35.5. The Morgan fingerprint density at radius 1 is 0.941 bits per heavy atom. The van der Waals surface area contributed by atoms with Gasteiger partial charge in [0.2, 0.25) is 0 Å². The van der Waals surface area contributed by atoms with Crippen LogP contribution in [0.15, 0.2) is 89.9 Å². The number of hydrogen-bond acceptors (Lipinski definition) is 4. The number of methoxy groups -OCH3 is 1. The van der Waals surface area contributed by atoms with E-state index in [0.717, 1.165) is 50.6 Å². The number of halogens is 1. The fraction of sp³-hybridized carbons (Fsp3) is 0.143. The molecule has 3 aromatic carbocycles. The number of rotatable bonds is 5. The number of anilines is 2. The number of nitrogens with zero attached hydrogens (tertiary/aromatic N) is 3. The van der Waals surface area contributed by atoms with E-state index in [1.807, 2.05) is 66.7 Å². The Labute approximate surface area is 203 Å². The number of benzene rings is 4. The van der Waals surface area contributed by atoms with E-state index in [1.165, 1.54) is 0 Å². The first-order valence-electron chi connectivity index (χ1n) is 11.2. The van der Waals surface area contributed by atoms with Gasteiger partial charge in [-0.3, -0.25) is 4.99 Å². The maximum atomic E-state index is 6.18. The zero-order valence-corrected chi connectivity index (χ0v) is 20.0. The minimum Gasteiger partial charge on any atom is -0.497 e. The van der Waals surface area contributed by atoms with Crippen LogP contribution in [0, 0.1) is 0 Å². The normalized spacial score (nSPS) is 12.0. The minimum absolute atomic E-state index is 0.131. The van der Waals surface area contributed by atoms with E-state index in [1.54, 1.807) is 7.11 Å². The van der Waals surface area contributed by atoms with E-state index in [-0.39, 0.29) is 6.04 Å². The van der Waals surface area contributed by atoms with Crippen LogP contribution in [-0.2, 0) is 0 Å². The van der Waals surface area contributed by atoms with Crippen molar-refractivity contribution in [2.75, 3.05) is 12.4 Å². The predicted octanol–water partition coefficient (Wildman–Crippen LogP) is 6.85. The third-order valence-corrected chi connectivity index (χ3v) is 5.80. The van der Waals surface area contributed by atoms with Crippen LogP contribution in [0.1, 0.15) is 13.8 Å². The summed E-state index contributed by atoms with van der Waals surface area (Å²) in [6, 6.07) is 28.2. The van der Waals surface area contributed by atoms with E-state index in [2.05, 4.69) is 41.9 Å². The first-order valence-corrected chi connectivity index (χ1v) is 11.6. The van der Waals surface area contributed by atoms with Crippen molar-refractivity contribution in [2.24, 2.45) is 4.99 Å². The number of aromatic nitrogens is 2. The van der Waals surface area contributed by atoms with Crippen LogP contribution in [0.3, 0.4) is 0 Å². The van der Waals surface area contributed by atoms with Gasteiger partial charge in [-0.25, -0.2) is 4.98 Å². The summed E-state index contributed by atoms with van der Waals surface area (Å²) in [7, 11) is 1.66. The molecule has 0 atom stereocenters. The number of para-hydroxylation sites is 2. The Morgan fingerprint density at radius 3 is 2.38 bits per heavy atom. The second-order valence-corrected chi connectivity index (χ2v) is 8.78. The Kier molecular flexibility index (Phi) is 5.95. The van der Waals surface area contributed by atoms with Gasteiger partial charge in [0.25, 0.3) is 0 Å². The van der Waals surface area contributed by atoms with Gasteiger partial charge in [0, 0.05) is 22.4 Å². The van der Waals surface area contributed by atoms with Gasteiger partial charge in [-0.05, 0) is 86.6 Å². The predicted molar refractivity (Wildman–Crippen MR) is 140 cm³/mol. The zero-order chi connectivity index (χ0) is 23.7. The summed E-state index contributed by atoms with van der Waals surface area (Å²) < 4.78 is 7.50. The molecule has 5 rings (SSSR count). The zero-order valence-electron chi connectivity index (χ0n) is 19.3. The number of fused-ring (bicyclic) bond motifs is 2. The molecule has 6 heteroatoms. The van der Waals surface area contributed by atoms with Gasteiger partial charge in [0.05, 0.1) is 40.6 Å². The summed E-state index contributed by atoms with van der Waals surface area (Å²) >= 11 is 6.18. The third kappa shape index (κ3) is 4.35. The fourth-order valence-electron chi connectivity index (χ4n) is 4.03. The van der Waals surface area contributed by atoms with Crippen molar-refractivity contribution in [1.82, 2.24) is 9.55 Å². The summed E-state index contributed by atoms with van der Waals surface area (Å²) in [6.45, 7) is 4.15. The van der Waals surface area contributed by atoms with Crippen molar-refractivity contribution in [2.45, 2.75) is 19.9 Å². The van der Waals surface area contributed by atoms with Gasteiger partial charge in [0.15, 0.2) is 0 Å². The van der Waals surface area contributed by atoms with Crippen molar-refractivity contribution in [3.8, 4) is 22.8 Å². The summed E-state index contributed by atoms with van der Waals surface area (Å²) in [5.41, 5.74) is 6.63. The Hall–Kier alpha value is -3.83. The molecule has 0 spiro atoms. The quantitative estimate of drug-likeness (QED) is 0.287. The van der Waals surface area contributed by atoms with Crippen LogP contribution < -0.4 is 15.4 Å². The molecule has 0 amide bonds. The molecule has 0 unspecified atom stereocenters. The molecule has 1 aliphatic carbocycles. The fourth-order valence-corrected chi connectivity index (χ4v) is 4.15. The maximum Gasteiger partial charge on any atom is 0.119 e. The first-order chi connectivity index (χ1) is 16.5. The lowest BCUT2D eigenvalue weighted by Crippen LogP contribution is -2.16. The number of ether oxygens (including phenoxy) is 1. The van der Waals surface area contributed by atoms with Crippen molar-refractivity contribution in [3.63, 3.8) is 0 Å². The molecular formula is C28H25ClN4O. The highest BCUT2D eigenvalue weighted by molar-refractivity contribution is 6.30. The second-order valence-electron chi connectivity index (χ2n) is 8.35. The highest BCUT2D eigenvalue weighted by Gasteiger charge is 2.16. The Bertz CT molecular complexity index is 1490. The summed E-state index contributed by atoms with van der Waals surface area (Å²) in [4.78, 5) is 9.90. The first kappa shape index (κ1) is 22.0. The molecule has 1 N–H and O–H groups in total. The maximum absolute atomic E-state index is 6.18. The molecule has 3 aromatic rings. The van der Waals surface area contributed by atoms with E-state index in [0.29, 0.717) is 5.02 Å². The van der Waals surface area contributed by atoms with E-state index < -0.39 is 0 Å². The average Bonchev–Trinajstić information content (AvgIpc) is 2.84. The minimum atomic E-state index is 0.131. The molecule has 0 aromatic heterocycles. The van der Waals surface area contributed by atoms with Crippen LogP contribution in [0.5, 0.6) is 5.75 Å². The van der Waals surface area contributed by atoms with Crippen molar-refractivity contribution >= 4 is 34.0 Å². The summed E-state index contributed by atoms with van der Waals surface area (Å²) in [5, 5.41) is 5.10. The molecule has 0 fully saturated rings. The Morgan fingerprint density at radius 2 is 1.68 bits per heavy atom.